The van der Waals surface area contributed by atoms with Crippen molar-refractivity contribution < 1.29 is 14.6 Å². The number of nitrogens with one attached hydrogen (secondary N) is 1. The molecule has 0 bridgehead atoms. The second kappa shape index (κ2) is 7.79. The molecule has 1 aromatic carbocycles. The molecule has 1 atom stereocenters. The van der Waals surface area contributed by atoms with Crippen LogP contribution in [0, 0.1) is 13.8 Å². The minimum absolute atomic E-state index is 0.0156. The summed E-state index contributed by atoms with van der Waals surface area (Å²) in [5.74, 6) is 0.815. The highest BCUT2D eigenvalue weighted by Crippen LogP contribution is 2.24. The predicted molar refractivity (Wildman–Crippen MR) is 90.7 cm³/mol. The van der Waals surface area contributed by atoms with Gasteiger partial charge in [-0.2, -0.15) is 0 Å². The monoisotopic (exact) mass is 320 g/mol. The molecular formula is C18H28N2O3. The SMILES string of the molecule is CNC(=O)CN1CCCC(O)(COc2ccc(C)c(C)c2)CC1. The molecule has 1 heterocycles. The van der Waals surface area contributed by atoms with Gasteiger partial charge in [-0.15, -0.1) is 0 Å². The maximum atomic E-state index is 11.5. The van der Waals surface area contributed by atoms with E-state index in [1.54, 1.807) is 7.05 Å². The summed E-state index contributed by atoms with van der Waals surface area (Å²) in [5.41, 5.74) is 1.60. The Morgan fingerprint density at radius 3 is 2.78 bits per heavy atom. The van der Waals surface area contributed by atoms with Crippen LogP contribution in [0.1, 0.15) is 30.4 Å². The number of carbonyl (C=O) groups is 1. The molecule has 1 unspecified atom stereocenters. The summed E-state index contributed by atoms with van der Waals surface area (Å²) in [6.45, 7) is 6.35. The van der Waals surface area contributed by atoms with Gasteiger partial charge >= 0.3 is 0 Å². The van der Waals surface area contributed by atoms with Gasteiger partial charge < -0.3 is 15.2 Å². The maximum Gasteiger partial charge on any atom is 0.233 e. The van der Waals surface area contributed by atoms with E-state index in [2.05, 4.69) is 24.1 Å². The molecule has 128 valence electrons. The fraction of sp³-hybridized carbons (Fsp3) is 0.611. The third kappa shape index (κ3) is 5.22. The number of hydrogen-bond donors (Lipinski definition) is 2. The molecule has 1 aromatic rings. The van der Waals surface area contributed by atoms with E-state index in [9.17, 15) is 9.90 Å². The molecule has 0 radical (unpaired) electrons. The number of aryl methyl sites for hydroxylation is 2. The van der Waals surface area contributed by atoms with Gasteiger partial charge in [0.05, 0.1) is 12.1 Å². The first-order chi connectivity index (χ1) is 10.9. The zero-order valence-corrected chi connectivity index (χ0v) is 14.4. The highest BCUT2D eigenvalue weighted by atomic mass is 16.5. The molecule has 1 amide bonds. The van der Waals surface area contributed by atoms with E-state index in [4.69, 9.17) is 4.74 Å². The molecule has 2 N–H and O–H groups in total. The van der Waals surface area contributed by atoms with Gasteiger partial charge in [0.25, 0.3) is 0 Å². The van der Waals surface area contributed by atoms with E-state index in [-0.39, 0.29) is 5.91 Å². The summed E-state index contributed by atoms with van der Waals surface area (Å²) in [5, 5.41) is 13.4. The quantitative estimate of drug-likeness (QED) is 0.866. The number of likely N-dealkylation sites (N-methyl/N-ethyl adjacent to an activating group) is 1. The summed E-state index contributed by atoms with van der Waals surface area (Å²) < 4.78 is 5.83. The molecule has 5 nitrogen and oxygen atoms in total. The molecule has 0 saturated carbocycles. The smallest absolute Gasteiger partial charge is 0.233 e. The highest BCUT2D eigenvalue weighted by Gasteiger charge is 2.31. The Hall–Kier alpha value is -1.59. The van der Waals surface area contributed by atoms with Gasteiger partial charge in [0.1, 0.15) is 12.4 Å². The van der Waals surface area contributed by atoms with Gasteiger partial charge in [0, 0.05) is 13.6 Å². The van der Waals surface area contributed by atoms with Crippen LogP contribution in [0.2, 0.25) is 0 Å². The third-order valence-corrected chi connectivity index (χ3v) is 4.64. The lowest BCUT2D eigenvalue weighted by Gasteiger charge is -2.27. The number of rotatable bonds is 5. The molecular weight excluding hydrogens is 292 g/mol. The van der Waals surface area contributed by atoms with Crippen molar-refractivity contribution in [3.05, 3.63) is 29.3 Å². The van der Waals surface area contributed by atoms with Crippen molar-refractivity contribution in [1.29, 1.82) is 0 Å². The van der Waals surface area contributed by atoms with Crippen LogP contribution in [0.25, 0.3) is 0 Å². The Kier molecular flexibility index (Phi) is 6.02. The van der Waals surface area contributed by atoms with Gasteiger partial charge in [0.15, 0.2) is 0 Å². The molecule has 0 aromatic heterocycles. The number of nitrogens with zero attached hydrogens (tertiary/aromatic N) is 1. The number of amides is 1. The first-order valence-electron chi connectivity index (χ1n) is 8.27. The van der Waals surface area contributed by atoms with Crippen LogP contribution in [0.4, 0.5) is 0 Å². The number of aliphatic hydroxyl groups is 1. The number of likely N-dealkylation sites (tertiary alicyclic amines) is 1. The Balaban J connectivity index is 1.89. The third-order valence-electron chi connectivity index (χ3n) is 4.64. The first-order valence-corrected chi connectivity index (χ1v) is 8.27. The molecule has 0 spiro atoms. The zero-order chi connectivity index (χ0) is 16.9. The van der Waals surface area contributed by atoms with Gasteiger partial charge in [-0.25, -0.2) is 0 Å². The standard InChI is InChI=1S/C18H28N2O3/c1-14-5-6-16(11-15(14)2)23-13-18(22)7-4-9-20(10-8-18)12-17(21)19-3/h5-6,11,22H,4,7-10,12-13H2,1-3H3,(H,19,21). The van der Waals surface area contributed by atoms with Gasteiger partial charge in [-0.1, -0.05) is 6.07 Å². The predicted octanol–water partition coefficient (Wildman–Crippen LogP) is 1.65. The second-order valence-electron chi connectivity index (χ2n) is 6.56. The highest BCUT2D eigenvalue weighted by molar-refractivity contribution is 5.77. The second-order valence-corrected chi connectivity index (χ2v) is 6.56. The van der Waals surface area contributed by atoms with Gasteiger partial charge in [-0.05, 0) is 62.9 Å². The number of benzene rings is 1. The lowest BCUT2D eigenvalue weighted by atomic mass is 9.96. The molecule has 5 heteroatoms. The van der Waals surface area contributed by atoms with Crippen molar-refractivity contribution in [3.63, 3.8) is 0 Å². The van der Waals surface area contributed by atoms with E-state index in [1.165, 1.54) is 11.1 Å². The van der Waals surface area contributed by atoms with E-state index >= 15 is 0 Å². The lowest BCUT2D eigenvalue weighted by molar-refractivity contribution is -0.121. The molecule has 23 heavy (non-hydrogen) atoms. The maximum absolute atomic E-state index is 11.5. The Morgan fingerprint density at radius 2 is 2.09 bits per heavy atom. The van der Waals surface area contributed by atoms with Crippen molar-refractivity contribution in [3.8, 4) is 5.75 Å². The van der Waals surface area contributed by atoms with Gasteiger partial charge in [0.2, 0.25) is 5.91 Å². The van der Waals surface area contributed by atoms with E-state index in [1.807, 2.05) is 18.2 Å². The number of carbonyl (C=O) groups excluding carboxylic acids is 1. The van der Waals surface area contributed by atoms with Crippen molar-refractivity contribution >= 4 is 5.91 Å². The normalized spacial score (nSPS) is 22.4. The Morgan fingerprint density at radius 1 is 1.30 bits per heavy atom. The molecule has 1 saturated heterocycles. The lowest BCUT2D eigenvalue weighted by Crippen LogP contribution is -2.39. The fourth-order valence-electron chi connectivity index (χ4n) is 2.84. The zero-order valence-electron chi connectivity index (χ0n) is 14.4. The van der Waals surface area contributed by atoms with Crippen molar-refractivity contribution in [2.24, 2.45) is 0 Å². The number of hydrogen-bond acceptors (Lipinski definition) is 4. The van der Waals surface area contributed by atoms with Crippen molar-refractivity contribution in [1.82, 2.24) is 10.2 Å². The van der Waals surface area contributed by atoms with Crippen LogP contribution in [-0.4, -0.2) is 54.8 Å². The van der Waals surface area contributed by atoms with Gasteiger partial charge in [-0.3, -0.25) is 9.69 Å². The first kappa shape index (κ1) is 17.8. The Labute approximate surface area is 138 Å². The average molecular weight is 320 g/mol. The molecule has 1 aliphatic heterocycles. The fourth-order valence-corrected chi connectivity index (χ4v) is 2.84. The summed E-state index contributed by atoms with van der Waals surface area (Å²) in [6.07, 6.45) is 2.18. The largest absolute Gasteiger partial charge is 0.491 e. The molecule has 0 aliphatic carbocycles. The number of ether oxygens (including phenoxy) is 1. The van der Waals surface area contributed by atoms with Crippen LogP contribution in [-0.2, 0) is 4.79 Å². The molecule has 1 fully saturated rings. The minimum atomic E-state index is -0.823. The van der Waals surface area contributed by atoms with Crippen molar-refractivity contribution in [2.75, 3.05) is 33.3 Å². The van der Waals surface area contributed by atoms with Crippen LogP contribution in [0.15, 0.2) is 18.2 Å². The Bertz CT molecular complexity index is 547. The van der Waals surface area contributed by atoms with E-state index in [0.717, 1.165) is 18.7 Å². The summed E-state index contributed by atoms with van der Waals surface area (Å²) >= 11 is 0. The average Bonchev–Trinajstić information content (AvgIpc) is 2.71. The van der Waals surface area contributed by atoms with Crippen LogP contribution >= 0.6 is 0 Å². The topological polar surface area (TPSA) is 61.8 Å². The molecule has 1 aliphatic rings. The molecule has 2 rings (SSSR count). The van der Waals surface area contributed by atoms with Crippen LogP contribution < -0.4 is 10.1 Å². The summed E-state index contributed by atoms with van der Waals surface area (Å²) in [7, 11) is 1.65. The minimum Gasteiger partial charge on any atom is -0.491 e. The van der Waals surface area contributed by atoms with E-state index < -0.39 is 5.60 Å². The summed E-state index contributed by atoms with van der Waals surface area (Å²) in [6, 6.07) is 5.99. The van der Waals surface area contributed by atoms with Crippen LogP contribution in [0.5, 0.6) is 5.75 Å². The van der Waals surface area contributed by atoms with Crippen molar-refractivity contribution in [2.45, 2.75) is 38.7 Å². The summed E-state index contributed by atoms with van der Waals surface area (Å²) in [4.78, 5) is 13.6. The van der Waals surface area contributed by atoms with E-state index in [0.29, 0.717) is 32.5 Å². The van der Waals surface area contributed by atoms with Crippen LogP contribution in [0.3, 0.4) is 0 Å².